The van der Waals surface area contributed by atoms with Crippen molar-refractivity contribution >= 4 is 11.9 Å². The number of rotatable bonds is 5. The maximum absolute atomic E-state index is 13.2. The summed E-state index contributed by atoms with van der Waals surface area (Å²) in [6.45, 7) is 0. The number of nitrogens with one attached hydrogen (secondary N) is 1. The zero-order valence-corrected chi connectivity index (χ0v) is 12.5. The molecule has 2 N–H and O–H groups in total. The molecule has 1 amide bonds. The summed E-state index contributed by atoms with van der Waals surface area (Å²) in [6, 6.07) is 3.22. The molecule has 0 saturated carbocycles. The van der Waals surface area contributed by atoms with Gasteiger partial charge in [-0.05, 0) is 17.7 Å². The number of aryl methyl sites for hydroxylation is 1. The van der Waals surface area contributed by atoms with Crippen molar-refractivity contribution in [1.29, 1.82) is 0 Å². The predicted octanol–water partition coefficient (Wildman–Crippen LogP) is 2.08. The molecular weight excluding hydrogens is 327 g/mol. The molecule has 2 rings (SSSR count). The van der Waals surface area contributed by atoms with E-state index in [2.05, 4.69) is 4.98 Å². The third kappa shape index (κ3) is 4.12. The summed E-state index contributed by atoms with van der Waals surface area (Å²) in [7, 11) is 1.39. The number of nitrogens with zero attached hydrogens (tertiary/aromatic N) is 2. The van der Waals surface area contributed by atoms with E-state index in [0.717, 1.165) is 0 Å². The van der Waals surface area contributed by atoms with Crippen LogP contribution in [0.15, 0.2) is 36.7 Å². The van der Waals surface area contributed by atoms with Gasteiger partial charge in [-0.1, -0.05) is 12.1 Å². The fourth-order valence-electron chi connectivity index (χ4n) is 2.16. The minimum Gasteiger partial charge on any atom is -0.478 e. The Morgan fingerprint density at radius 1 is 1.38 bits per heavy atom. The molecule has 0 aliphatic heterocycles. The van der Waals surface area contributed by atoms with Gasteiger partial charge in [0.2, 0.25) is 5.91 Å². The van der Waals surface area contributed by atoms with Crippen LogP contribution in [0.1, 0.15) is 27.8 Å². The summed E-state index contributed by atoms with van der Waals surface area (Å²) in [5, 5.41) is 10.8. The van der Waals surface area contributed by atoms with Crippen molar-refractivity contribution < 1.29 is 27.9 Å². The van der Waals surface area contributed by atoms with Crippen molar-refractivity contribution in [3.05, 3.63) is 53.6 Å². The van der Waals surface area contributed by atoms with Gasteiger partial charge in [0, 0.05) is 19.4 Å². The van der Waals surface area contributed by atoms with Crippen molar-refractivity contribution in [3.8, 4) is 0 Å². The number of carboxylic acids is 1. The Hall–Kier alpha value is -2.84. The van der Waals surface area contributed by atoms with E-state index in [1.54, 1.807) is 0 Å². The van der Waals surface area contributed by atoms with Crippen molar-refractivity contribution in [3.63, 3.8) is 0 Å². The molecule has 0 spiro atoms. The molecule has 24 heavy (non-hydrogen) atoms. The summed E-state index contributed by atoms with van der Waals surface area (Å²) in [4.78, 5) is 26.5. The number of aromatic carboxylic acids is 1. The van der Waals surface area contributed by atoms with Gasteiger partial charge in [0.1, 0.15) is 5.82 Å². The van der Waals surface area contributed by atoms with Crippen molar-refractivity contribution in [1.82, 2.24) is 14.9 Å². The van der Waals surface area contributed by atoms with Crippen LogP contribution in [-0.4, -0.2) is 32.7 Å². The second-order valence-corrected chi connectivity index (χ2v) is 5.12. The lowest BCUT2D eigenvalue weighted by atomic mass is 10.1. The quantitative estimate of drug-likeness (QED) is 0.872. The number of hydrogen-bond acceptors (Lipinski definition) is 3. The number of imidazole rings is 1. The number of halogens is 3. The largest absolute Gasteiger partial charge is 0.478 e. The second-order valence-electron chi connectivity index (χ2n) is 5.12. The predicted molar refractivity (Wildman–Crippen MR) is 77.3 cm³/mol. The highest BCUT2D eigenvalue weighted by Gasteiger charge is 2.44. The molecule has 2 aromatic rings. The Morgan fingerprint density at radius 2 is 2.08 bits per heavy atom. The lowest BCUT2D eigenvalue weighted by Crippen LogP contribution is -2.40. The molecule has 0 saturated heterocycles. The van der Waals surface area contributed by atoms with Gasteiger partial charge in [-0.15, -0.1) is 0 Å². The third-order valence-electron chi connectivity index (χ3n) is 3.29. The molecule has 1 aromatic heterocycles. The van der Waals surface area contributed by atoms with E-state index in [9.17, 15) is 22.8 Å². The molecule has 9 heteroatoms. The van der Waals surface area contributed by atoms with E-state index in [1.807, 2.05) is 5.32 Å². The maximum Gasteiger partial charge on any atom is 0.415 e. The van der Waals surface area contributed by atoms with Gasteiger partial charge in [-0.25, -0.2) is 9.78 Å². The first-order valence-corrected chi connectivity index (χ1v) is 6.84. The van der Waals surface area contributed by atoms with Crippen molar-refractivity contribution in [2.75, 3.05) is 0 Å². The van der Waals surface area contributed by atoms with Crippen LogP contribution >= 0.6 is 0 Å². The summed E-state index contributed by atoms with van der Waals surface area (Å²) >= 11 is 0. The Bertz CT molecular complexity index is 756. The Labute approximate surface area is 134 Å². The van der Waals surface area contributed by atoms with Crippen LogP contribution in [0, 0.1) is 0 Å². The highest BCUT2D eigenvalue weighted by molar-refractivity contribution is 5.88. The standard InChI is InChI=1S/C15H14F3N3O3/c1-21-6-5-19-13(21)12(15(16,17)18)20-11(22)8-9-3-2-4-10(7-9)14(23)24/h2-7,12H,8H2,1H3,(H,20,22)(H,23,24). The lowest BCUT2D eigenvalue weighted by molar-refractivity contribution is -0.165. The molecule has 6 nitrogen and oxygen atoms in total. The number of carbonyl (C=O) groups is 2. The van der Waals surface area contributed by atoms with E-state index >= 15 is 0 Å². The van der Waals surface area contributed by atoms with Crippen molar-refractivity contribution in [2.24, 2.45) is 7.05 Å². The van der Waals surface area contributed by atoms with Crippen LogP contribution in [0.3, 0.4) is 0 Å². The fourth-order valence-corrected chi connectivity index (χ4v) is 2.16. The number of carbonyl (C=O) groups excluding carboxylic acids is 1. The molecule has 1 atom stereocenters. The SMILES string of the molecule is Cn1ccnc1C(NC(=O)Cc1cccc(C(=O)O)c1)C(F)(F)F. The Balaban J connectivity index is 2.16. The molecule has 0 aliphatic carbocycles. The van der Waals surface area contributed by atoms with Crippen LogP contribution in [-0.2, 0) is 18.3 Å². The first kappa shape index (κ1) is 17.5. The Morgan fingerprint density at radius 3 is 2.62 bits per heavy atom. The van der Waals surface area contributed by atoms with Gasteiger partial charge in [0.15, 0.2) is 6.04 Å². The number of amides is 1. The van der Waals surface area contributed by atoms with Crippen molar-refractivity contribution in [2.45, 2.75) is 18.6 Å². The summed E-state index contributed by atoms with van der Waals surface area (Å²) in [5.74, 6) is -2.41. The van der Waals surface area contributed by atoms with Gasteiger partial charge in [0.25, 0.3) is 0 Å². The summed E-state index contributed by atoms with van der Waals surface area (Å²) in [6.07, 6.45) is -2.54. The van der Waals surface area contributed by atoms with Crippen LogP contribution < -0.4 is 5.32 Å². The number of benzene rings is 1. The fraction of sp³-hybridized carbons (Fsp3) is 0.267. The normalized spacial score (nSPS) is 12.7. The lowest BCUT2D eigenvalue weighted by Gasteiger charge is -2.21. The molecule has 0 bridgehead atoms. The van der Waals surface area contributed by atoms with E-state index in [0.29, 0.717) is 5.56 Å². The molecule has 128 valence electrons. The monoisotopic (exact) mass is 341 g/mol. The summed E-state index contributed by atoms with van der Waals surface area (Å²) < 4.78 is 40.7. The van der Waals surface area contributed by atoms with Gasteiger partial charge in [0.05, 0.1) is 12.0 Å². The van der Waals surface area contributed by atoms with Crippen LogP contribution in [0.5, 0.6) is 0 Å². The topological polar surface area (TPSA) is 84.2 Å². The van der Waals surface area contributed by atoms with Gasteiger partial charge in [-0.3, -0.25) is 4.79 Å². The van der Waals surface area contributed by atoms with E-state index in [4.69, 9.17) is 5.11 Å². The minimum atomic E-state index is -4.71. The van der Waals surface area contributed by atoms with Crippen LogP contribution in [0.2, 0.25) is 0 Å². The zero-order chi connectivity index (χ0) is 17.9. The smallest absolute Gasteiger partial charge is 0.415 e. The van der Waals surface area contributed by atoms with Crippen LogP contribution in [0.4, 0.5) is 13.2 Å². The van der Waals surface area contributed by atoms with Gasteiger partial charge in [-0.2, -0.15) is 13.2 Å². The first-order chi connectivity index (χ1) is 11.2. The average molecular weight is 341 g/mol. The van der Waals surface area contributed by atoms with Crippen LogP contribution in [0.25, 0.3) is 0 Å². The number of aromatic nitrogens is 2. The number of hydrogen-bond donors (Lipinski definition) is 2. The molecule has 0 aliphatic rings. The molecule has 0 fully saturated rings. The minimum absolute atomic E-state index is 0.0447. The molecule has 1 heterocycles. The number of carboxylic acid groups (broad SMARTS) is 1. The van der Waals surface area contributed by atoms with E-state index in [1.165, 1.54) is 48.3 Å². The highest BCUT2D eigenvalue weighted by Crippen LogP contribution is 2.31. The highest BCUT2D eigenvalue weighted by atomic mass is 19.4. The van der Waals surface area contributed by atoms with E-state index < -0.39 is 24.1 Å². The summed E-state index contributed by atoms with van der Waals surface area (Å²) in [5.41, 5.74) is 0.255. The first-order valence-electron chi connectivity index (χ1n) is 6.84. The second kappa shape index (κ2) is 6.73. The maximum atomic E-state index is 13.2. The molecule has 0 radical (unpaired) electrons. The van der Waals surface area contributed by atoms with Gasteiger partial charge < -0.3 is 15.0 Å². The third-order valence-corrected chi connectivity index (χ3v) is 3.29. The average Bonchev–Trinajstić information content (AvgIpc) is 2.89. The molecule has 1 unspecified atom stereocenters. The molecule has 1 aromatic carbocycles. The molecular formula is C15H14F3N3O3. The van der Waals surface area contributed by atoms with E-state index in [-0.39, 0.29) is 17.8 Å². The Kier molecular flexibility index (Phi) is 4.91. The van der Waals surface area contributed by atoms with Gasteiger partial charge >= 0.3 is 12.1 Å². The number of alkyl halides is 3. The zero-order valence-electron chi connectivity index (χ0n) is 12.5.